The van der Waals surface area contributed by atoms with Crippen molar-refractivity contribution >= 4 is 29.0 Å². The van der Waals surface area contributed by atoms with E-state index in [2.05, 4.69) is 19.5 Å². The number of oxime groups is 1. The Morgan fingerprint density at radius 2 is 2.13 bits per heavy atom. The van der Waals surface area contributed by atoms with Crippen LogP contribution in [0.5, 0.6) is 10.9 Å². The zero-order valence-electron chi connectivity index (χ0n) is 13.6. The number of aromatic nitrogens is 2. The van der Waals surface area contributed by atoms with Gasteiger partial charge in [-0.2, -0.15) is 14.3 Å². The second-order valence-corrected chi connectivity index (χ2v) is 4.74. The van der Waals surface area contributed by atoms with Gasteiger partial charge < -0.3 is 14.3 Å². The quantitative estimate of drug-likeness (QED) is 0.472. The minimum absolute atomic E-state index is 0.0150. The maximum atomic E-state index is 11.3. The van der Waals surface area contributed by atoms with Crippen molar-refractivity contribution in [2.24, 2.45) is 10.1 Å². The highest BCUT2D eigenvalue weighted by Gasteiger charge is 2.20. The Hall–Kier alpha value is -2.81. The molecule has 0 aliphatic rings. The Morgan fingerprint density at radius 3 is 2.74 bits per heavy atom. The maximum absolute atomic E-state index is 11.3. The number of para-hydroxylation sites is 1. The number of benzene rings is 1. The predicted molar refractivity (Wildman–Crippen MR) is 85.1 cm³/mol. The van der Waals surface area contributed by atoms with Crippen LogP contribution in [0.1, 0.15) is 13.9 Å². The van der Waals surface area contributed by atoms with Crippen LogP contribution >= 0.6 is 11.5 Å². The van der Waals surface area contributed by atoms with Gasteiger partial charge >= 0.3 is 0 Å². The van der Waals surface area contributed by atoms with Crippen LogP contribution in [-0.2, 0) is 14.4 Å². The molecule has 1 aromatic heterocycles. The second-order valence-electron chi connectivity index (χ2n) is 4.02. The number of hydrogen-bond acceptors (Lipinski definition) is 8. The standard InChI is InChI=1S/C14H14N4O4S/c1-9(19)17-13(20-2)12(18-21-3)10-6-4-5-7-11(10)22-14-15-8-16-23-14/h4-8H,1-3H3/i8D. The van der Waals surface area contributed by atoms with Crippen LogP contribution in [0.25, 0.3) is 0 Å². The molecule has 0 radical (unpaired) electrons. The number of hydrogen-bond donors (Lipinski definition) is 0. The van der Waals surface area contributed by atoms with Gasteiger partial charge in [-0.3, -0.25) is 4.79 Å². The van der Waals surface area contributed by atoms with Gasteiger partial charge in [-0.15, -0.1) is 0 Å². The van der Waals surface area contributed by atoms with Crippen molar-refractivity contribution in [2.45, 2.75) is 6.92 Å². The molecule has 23 heavy (non-hydrogen) atoms. The lowest BCUT2D eigenvalue weighted by Gasteiger charge is -2.11. The Labute approximate surface area is 138 Å². The van der Waals surface area contributed by atoms with Gasteiger partial charge in [0.15, 0.2) is 5.71 Å². The van der Waals surface area contributed by atoms with Gasteiger partial charge in [0.05, 0.1) is 12.7 Å². The number of ether oxygens (including phenoxy) is 2. The summed E-state index contributed by atoms with van der Waals surface area (Å²) in [7, 11) is 2.73. The van der Waals surface area contributed by atoms with E-state index in [0.29, 0.717) is 11.3 Å². The summed E-state index contributed by atoms with van der Waals surface area (Å²) in [5, 5.41) is 4.09. The van der Waals surface area contributed by atoms with Crippen molar-refractivity contribution in [2.75, 3.05) is 14.2 Å². The third kappa shape index (κ3) is 4.33. The van der Waals surface area contributed by atoms with Crippen LogP contribution in [0.4, 0.5) is 0 Å². The third-order valence-corrected chi connectivity index (χ3v) is 2.99. The van der Waals surface area contributed by atoms with Crippen molar-refractivity contribution in [3.8, 4) is 10.9 Å². The van der Waals surface area contributed by atoms with Crippen molar-refractivity contribution in [3.63, 3.8) is 0 Å². The molecule has 0 aliphatic heterocycles. The third-order valence-electron chi connectivity index (χ3n) is 2.48. The molecule has 8 nitrogen and oxygen atoms in total. The number of methoxy groups -OCH3 is 1. The van der Waals surface area contributed by atoms with E-state index in [1.54, 1.807) is 24.3 Å². The summed E-state index contributed by atoms with van der Waals surface area (Å²) in [6.45, 7) is 1.29. The first-order valence-electron chi connectivity index (χ1n) is 6.87. The van der Waals surface area contributed by atoms with E-state index >= 15 is 0 Å². The molecule has 0 N–H and O–H groups in total. The van der Waals surface area contributed by atoms with E-state index in [9.17, 15) is 4.79 Å². The van der Waals surface area contributed by atoms with Crippen molar-refractivity contribution in [1.82, 2.24) is 9.36 Å². The maximum Gasteiger partial charge on any atom is 0.298 e. The number of carbonyl (C=O) groups excluding carboxylic acids is 1. The van der Waals surface area contributed by atoms with Crippen LogP contribution in [0.15, 0.2) is 40.7 Å². The Bertz CT molecular complexity index is 791. The van der Waals surface area contributed by atoms with E-state index in [1.807, 2.05) is 0 Å². The Balaban J connectivity index is 2.47. The van der Waals surface area contributed by atoms with Gasteiger partial charge in [0.25, 0.3) is 5.19 Å². The molecule has 0 atom stereocenters. The second kappa shape index (κ2) is 7.99. The monoisotopic (exact) mass is 335 g/mol. The van der Waals surface area contributed by atoms with Crippen LogP contribution in [0.2, 0.25) is 0 Å². The van der Waals surface area contributed by atoms with Gasteiger partial charge in [0, 0.05) is 18.5 Å². The average Bonchev–Trinajstić information content (AvgIpc) is 2.96. The largest absolute Gasteiger partial charge is 0.479 e. The summed E-state index contributed by atoms with van der Waals surface area (Å²) in [6.07, 6.45) is -0.131. The van der Waals surface area contributed by atoms with Crippen molar-refractivity contribution < 1.29 is 20.5 Å². The summed E-state index contributed by atoms with van der Waals surface area (Å²) >= 11 is 0.945. The summed E-state index contributed by atoms with van der Waals surface area (Å²) in [4.78, 5) is 23.7. The fourth-order valence-corrected chi connectivity index (χ4v) is 2.03. The fraction of sp³-hybridized carbons (Fsp3) is 0.214. The highest BCUT2D eigenvalue weighted by atomic mass is 32.1. The fourth-order valence-electron chi connectivity index (χ4n) is 1.66. The molecule has 0 unspecified atom stereocenters. The molecule has 120 valence electrons. The number of aliphatic imine (C=N–C) groups is 1. The van der Waals surface area contributed by atoms with Gasteiger partial charge in [-0.05, 0) is 12.1 Å². The van der Waals surface area contributed by atoms with Crippen LogP contribution < -0.4 is 4.74 Å². The van der Waals surface area contributed by atoms with Crippen LogP contribution in [0.3, 0.4) is 0 Å². The van der Waals surface area contributed by atoms with E-state index < -0.39 is 5.91 Å². The van der Waals surface area contributed by atoms with Gasteiger partial charge in [-0.25, -0.2) is 0 Å². The predicted octanol–water partition coefficient (Wildman–Crippen LogP) is 2.27. The highest BCUT2D eigenvalue weighted by molar-refractivity contribution is 7.07. The van der Waals surface area contributed by atoms with E-state index in [-0.39, 0.29) is 23.1 Å². The molecule has 0 saturated heterocycles. The van der Waals surface area contributed by atoms with Gasteiger partial charge in [0.1, 0.15) is 20.5 Å². The number of rotatable bonds is 5. The summed E-state index contributed by atoms with van der Waals surface area (Å²) < 4.78 is 21.9. The molecule has 0 saturated carbocycles. The first-order chi connectivity index (χ1) is 11.5. The number of carbonyl (C=O) groups is 1. The highest BCUT2D eigenvalue weighted by Crippen LogP contribution is 2.26. The molecular formula is C14H14N4O4S. The molecule has 9 heteroatoms. The zero-order valence-corrected chi connectivity index (χ0v) is 13.5. The lowest BCUT2D eigenvalue weighted by molar-refractivity contribution is -0.115. The molecule has 0 aliphatic carbocycles. The van der Waals surface area contributed by atoms with E-state index in [1.165, 1.54) is 21.1 Å². The molecular weight excluding hydrogens is 320 g/mol. The van der Waals surface area contributed by atoms with E-state index in [0.717, 1.165) is 11.5 Å². The molecule has 1 amide bonds. The van der Waals surface area contributed by atoms with Crippen LogP contribution in [-0.4, -0.2) is 41.1 Å². The smallest absolute Gasteiger partial charge is 0.298 e. The number of amides is 1. The minimum Gasteiger partial charge on any atom is -0.479 e. The van der Waals surface area contributed by atoms with Gasteiger partial charge in [0.2, 0.25) is 11.8 Å². The first-order valence-corrected chi connectivity index (χ1v) is 7.14. The molecule has 2 rings (SSSR count). The van der Waals surface area contributed by atoms with Crippen molar-refractivity contribution in [3.05, 3.63) is 36.1 Å². The van der Waals surface area contributed by atoms with Crippen molar-refractivity contribution in [1.29, 1.82) is 0 Å². The minimum atomic E-state index is -0.447. The zero-order chi connectivity index (χ0) is 17.5. The summed E-state index contributed by atoms with van der Waals surface area (Å²) in [6, 6.07) is 6.88. The van der Waals surface area contributed by atoms with E-state index in [4.69, 9.17) is 15.7 Å². The lowest BCUT2D eigenvalue weighted by Crippen LogP contribution is -2.20. The Kier molecular flexibility index (Phi) is 5.25. The first kappa shape index (κ1) is 15.1. The molecule has 1 heterocycles. The molecule has 2 aromatic rings. The molecule has 0 spiro atoms. The SMILES string of the molecule is [2H]c1nsc(Oc2ccccc2C(=NOC)C(=NC(C)=O)OC)n1. The van der Waals surface area contributed by atoms with Gasteiger partial charge in [-0.1, -0.05) is 17.3 Å². The Morgan fingerprint density at radius 1 is 1.35 bits per heavy atom. The summed E-state index contributed by atoms with van der Waals surface area (Å²) in [5.74, 6) is -0.0892. The number of nitrogens with zero attached hydrogens (tertiary/aromatic N) is 4. The topological polar surface area (TPSA) is 95.3 Å². The van der Waals surface area contributed by atoms with Crippen LogP contribution in [0, 0.1) is 0 Å². The summed E-state index contributed by atoms with van der Waals surface area (Å²) in [5.41, 5.74) is 0.657. The molecule has 1 aromatic carbocycles. The lowest BCUT2D eigenvalue weighted by atomic mass is 10.1. The normalized spacial score (nSPS) is 12.6. The average molecular weight is 335 g/mol. The molecule has 0 bridgehead atoms. The molecule has 0 fully saturated rings.